The van der Waals surface area contributed by atoms with Gasteiger partial charge in [0.1, 0.15) is 6.61 Å². The van der Waals surface area contributed by atoms with Gasteiger partial charge in [0.2, 0.25) is 0 Å². The number of carbonyl (C=O) groups is 1. The number of nitrogens with one attached hydrogen (secondary N) is 1. The Kier molecular flexibility index (Phi) is 5.50. The summed E-state index contributed by atoms with van der Waals surface area (Å²) in [6, 6.07) is 5.56. The van der Waals surface area contributed by atoms with Crippen LogP contribution in [0.5, 0.6) is 0 Å². The van der Waals surface area contributed by atoms with Crippen LogP contribution in [-0.4, -0.2) is 28.2 Å². The van der Waals surface area contributed by atoms with Crippen molar-refractivity contribution in [2.45, 2.75) is 46.3 Å². The Hall–Kier alpha value is -2.21. The molecule has 0 atom stereocenters. The summed E-state index contributed by atoms with van der Waals surface area (Å²) in [6.07, 6.45) is 2.49. The molecule has 6 nitrogen and oxygen atoms in total. The van der Waals surface area contributed by atoms with Gasteiger partial charge in [-0.15, -0.1) is 0 Å². The second kappa shape index (κ2) is 7.37. The first-order chi connectivity index (χ1) is 10.8. The maximum atomic E-state index is 12.0. The van der Waals surface area contributed by atoms with Crippen molar-refractivity contribution in [1.82, 2.24) is 15.5 Å². The minimum Gasteiger partial charge on any atom is -0.368 e. The second-order valence-corrected chi connectivity index (χ2v) is 6.41. The molecule has 23 heavy (non-hydrogen) atoms. The third-order valence-electron chi connectivity index (χ3n) is 3.08. The van der Waals surface area contributed by atoms with Crippen LogP contribution >= 0.6 is 0 Å². The molecule has 2 heterocycles. The minimum atomic E-state index is -0.268. The summed E-state index contributed by atoms with van der Waals surface area (Å²) in [7, 11) is 0. The van der Waals surface area contributed by atoms with Crippen molar-refractivity contribution in [3.63, 3.8) is 0 Å². The summed E-state index contributed by atoms with van der Waals surface area (Å²) < 4.78 is 10.7. The average molecular weight is 317 g/mol. The van der Waals surface area contributed by atoms with E-state index in [1.54, 1.807) is 6.07 Å². The van der Waals surface area contributed by atoms with Gasteiger partial charge in [-0.3, -0.25) is 9.78 Å². The molecule has 0 saturated carbocycles. The van der Waals surface area contributed by atoms with Crippen molar-refractivity contribution in [3.05, 3.63) is 47.1 Å². The number of ether oxygens (including phenoxy) is 1. The number of hydrogen-bond acceptors (Lipinski definition) is 5. The van der Waals surface area contributed by atoms with Gasteiger partial charge < -0.3 is 14.6 Å². The average Bonchev–Trinajstić information content (AvgIpc) is 2.95. The molecule has 0 aliphatic carbocycles. The van der Waals surface area contributed by atoms with Crippen molar-refractivity contribution in [2.75, 3.05) is 6.54 Å². The van der Waals surface area contributed by atoms with E-state index in [9.17, 15) is 4.79 Å². The Balaban J connectivity index is 1.79. The molecule has 2 aromatic heterocycles. The molecule has 0 saturated heterocycles. The quantitative estimate of drug-likeness (QED) is 0.886. The first-order valence-electron chi connectivity index (χ1n) is 7.63. The highest BCUT2D eigenvalue weighted by atomic mass is 16.5. The fraction of sp³-hybridized carbons (Fsp3) is 0.471. The van der Waals surface area contributed by atoms with E-state index in [1.165, 1.54) is 0 Å². The molecule has 6 heteroatoms. The molecule has 0 aromatic carbocycles. The summed E-state index contributed by atoms with van der Waals surface area (Å²) in [5.74, 6) is 0.271. The lowest BCUT2D eigenvalue weighted by Gasteiger charge is -2.17. The molecule has 124 valence electrons. The summed E-state index contributed by atoms with van der Waals surface area (Å²) >= 11 is 0. The Morgan fingerprint density at radius 1 is 1.35 bits per heavy atom. The molecule has 0 fully saturated rings. The van der Waals surface area contributed by atoms with Crippen LogP contribution in [0.15, 0.2) is 28.9 Å². The molecule has 1 amide bonds. The molecule has 0 unspecified atom stereocenters. The molecule has 0 aliphatic heterocycles. The van der Waals surface area contributed by atoms with Gasteiger partial charge in [0.15, 0.2) is 11.5 Å². The Bertz CT molecular complexity index is 642. The standard InChI is InChI=1S/C17H23N3O3/c1-12-5-6-13(19-10-12)7-8-18-16(21)15-9-14(23-20-15)11-22-17(2,3)4/h5-6,9-10H,7-8,11H2,1-4H3,(H,18,21). The number of nitrogens with zero attached hydrogens (tertiary/aromatic N) is 2. The second-order valence-electron chi connectivity index (χ2n) is 6.41. The predicted octanol–water partition coefficient (Wildman–Crippen LogP) is 2.67. The van der Waals surface area contributed by atoms with E-state index < -0.39 is 0 Å². The highest BCUT2D eigenvalue weighted by Crippen LogP contribution is 2.12. The zero-order valence-corrected chi connectivity index (χ0v) is 14.0. The normalized spacial score (nSPS) is 11.5. The maximum absolute atomic E-state index is 12.0. The van der Waals surface area contributed by atoms with E-state index in [2.05, 4.69) is 15.5 Å². The number of pyridine rings is 1. The number of aromatic nitrogens is 2. The Morgan fingerprint density at radius 3 is 2.78 bits per heavy atom. The molecule has 0 spiro atoms. The lowest BCUT2D eigenvalue weighted by atomic mass is 10.2. The molecular formula is C17H23N3O3. The van der Waals surface area contributed by atoms with Crippen LogP contribution in [-0.2, 0) is 17.8 Å². The van der Waals surface area contributed by atoms with Gasteiger partial charge in [0, 0.05) is 30.9 Å². The zero-order valence-electron chi connectivity index (χ0n) is 14.0. The molecule has 2 aromatic rings. The topological polar surface area (TPSA) is 77.2 Å². The summed E-state index contributed by atoms with van der Waals surface area (Å²) in [5.41, 5.74) is 2.05. The lowest BCUT2D eigenvalue weighted by molar-refractivity contribution is -0.0241. The summed E-state index contributed by atoms with van der Waals surface area (Å²) in [6.45, 7) is 8.64. The molecular weight excluding hydrogens is 294 g/mol. The molecule has 0 radical (unpaired) electrons. The number of amides is 1. The minimum absolute atomic E-state index is 0.259. The molecule has 0 aliphatic rings. The van der Waals surface area contributed by atoms with Gasteiger partial charge in [-0.25, -0.2) is 0 Å². The van der Waals surface area contributed by atoms with Crippen molar-refractivity contribution < 1.29 is 14.1 Å². The van der Waals surface area contributed by atoms with Crippen LogP contribution in [0.25, 0.3) is 0 Å². The van der Waals surface area contributed by atoms with Crippen LogP contribution in [0.3, 0.4) is 0 Å². The zero-order chi connectivity index (χ0) is 16.9. The summed E-state index contributed by atoms with van der Waals surface area (Å²) in [4.78, 5) is 16.3. The van der Waals surface area contributed by atoms with E-state index >= 15 is 0 Å². The monoisotopic (exact) mass is 317 g/mol. The van der Waals surface area contributed by atoms with Crippen LogP contribution in [0, 0.1) is 6.92 Å². The van der Waals surface area contributed by atoms with Gasteiger partial charge in [-0.05, 0) is 39.3 Å². The summed E-state index contributed by atoms with van der Waals surface area (Å²) in [5, 5.41) is 6.58. The van der Waals surface area contributed by atoms with Crippen molar-refractivity contribution in [2.24, 2.45) is 0 Å². The van der Waals surface area contributed by atoms with Crippen LogP contribution in [0.2, 0.25) is 0 Å². The fourth-order valence-corrected chi connectivity index (χ4v) is 1.82. The predicted molar refractivity (Wildman–Crippen MR) is 86.1 cm³/mol. The van der Waals surface area contributed by atoms with Gasteiger partial charge in [-0.1, -0.05) is 11.2 Å². The van der Waals surface area contributed by atoms with E-state index in [0.717, 1.165) is 11.3 Å². The highest BCUT2D eigenvalue weighted by molar-refractivity contribution is 5.92. The maximum Gasteiger partial charge on any atom is 0.273 e. The smallest absolute Gasteiger partial charge is 0.273 e. The van der Waals surface area contributed by atoms with E-state index in [4.69, 9.17) is 9.26 Å². The SMILES string of the molecule is Cc1ccc(CCNC(=O)c2cc(COC(C)(C)C)on2)nc1. The third kappa shape index (κ3) is 5.83. The van der Waals surface area contributed by atoms with E-state index in [-0.39, 0.29) is 23.8 Å². The number of aryl methyl sites for hydroxylation is 1. The number of hydrogen-bond donors (Lipinski definition) is 1. The van der Waals surface area contributed by atoms with Gasteiger partial charge in [0.05, 0.1) is 5.60 Å². The van der Waals surface area contributed by atoms with Crippen LogP contribution in [0.4, 0.5) is 0 Å². The lowest BCUT2D eigenvalue weighted by Crippen LogP contribution is -2.26. The van der Waals surface area contributed by atoms with Crippen molar-refractivity contribution >= 4 is 5.91 Å². The van der Waals surface area contributed by atoms with Gasteiger partial charge in [0.25, 0.3) is 5.91 Å². The van der Waals surface area contributed by atoms with Gasteiger partial charge >= 0.3 is 0 Å². The molecule has 1 N–H and O–H groups in total. The van der Waals surface area contributed by atoms with Crippen molar-refractivity contribution in [1.29, 1.82) is 0 Å². The Labute approximate surface area is 136 Å². The van der Waals surface area contributed by atoms with Crippen LogP contribution < -0.4 is 5.32 Å². The highest BCUT2D eigenvalue weighted by Gasteiger charge is 2.15. The number of carbonyl (C=O) groups excluding carboxylic acids is 1. The van der Waals surface area contributed by atoms with E-state index in [1.807, 2.05) is 46.0 Å². The van der Waals surface area contributed by atoms with Gasteiger partial charge in [-0.2, -0.15) is 0 Å². The molecule has 2 rings (SSSR count). The Morgan fingerprint density at radius 2 is 2.13 bits per heavy atom. The largest absolute Gasteiger partial charge is 0.368 e. The van der Waals surface area contributed by atoms with Crippen LogP contribution in [0.1, 0.15) is 48.3 Å². The van der Waals surface area contributed by atoms with Crippen molar-refractivity contribution in [3.8, 4) is 0 Å². The molecule has 0 bridgehead atoms. The first-order valence-corrected chi connectivity index (χ1v) is 7.63. The first kappa shape index (κ1) is 17.1. The fourth-order valence-electron chi connectivity index (χ4n) is 1.82. The third-order valence-corrected chi connectivity index (χ3v) is 3.08. The van der Waals surface area contributed by atoms with E-state index in [0.29, 0.717) is 18.7 Å². The number of rotatable bonds is 6.